The van der Waals surface area contributed by atoms with Crippen LogP contribution < -0.4 is 66.6 Å². The van der Waals surface area contributed by atoms with E-state index < -0.39 is 236 Å². The largest absolute Gasteiger partial charge is 0.508 e. The lowest BCUT2D eigenvalue weighted by Gasteiger charge is -2.40. The van der Waals surface area contributed by atoms with Crippen LogP contribution in [0.3, 0.4) is 0 Å². The summed E-state index contributed by atoms with van der Waals surface area (Å²) in [7, 11) is 1.43. The normalized spacial score (nSPS) is 28.4. The Labute approximate surface area is 618 Å². The lowest BCUT2D eigenvalue weighted by Crippen LogP contribution is -2.64. The summed E-state index contributed by atoms with van der Waals surface area (Å²) in [4.78, 5) is 120. The molecule has 0 saturated carbocycles. The molecule has 35 nitrogen and oxygen atoms in total. The van der Waals surface area contributed by atoms with Gasteiger partial charge in [0.1, 0.15) is 113 Å². The van der Waals surface area contributed by atoms with E-state index in [-0.39, 0.29) is 51.5 Å². The summed E-state index contributed by atoms with van der Waals surface area (Å²) < 4.78 is 43.1. The van der Waals surface area contributed by atoms with Crippen LogP contribution in [0.5, 0.6) is 63.2 Å². The lowest BCUT2D eigenvalue weighted by molar-refractivity contribution is -0.277. The number of aliphatic hydroxyl groups excluding tert-OH is 7. The molecule has 17 bridgehead atoms. The molecule has 566 valence electrons. The lowest BCUT2D eigenvalue weighted by atomic mass is 9.90. The number of hydrogen-bond acceptors (Lipinski definition) is 27. The third-order valence-corrected chi connectivity index (χ3v) is 19.5. The molecule has 18 atom stereocenters. The first-order valence-corrected chi connectivity index (χ1v) is 33.7. The molecule has 15 rings (SSSR count). The van der Waals surface area contributed by atoms with Crippen LogP contribution in [-0.2, 0) is 54.3 Å². The SMILES string of the molecule is CN[C@H]1C(=O)N[C@@H]2Cc3ccc(cc3)Oc3cc4cc(c3O[C@@H]3O[C@H](C(=O)O)[C@@H](O)[C@H](O)[C@H]3N)Oc3ccc(cc3Cl)C(O)C3NC(=O)[C@H](NC(=O)[C@@H]4NC(=O)[C@@H](NC2=O)c2cc(cc(O)c2Cl)Oc2cc1ccc2O)c1cccc(c1)-c1c(O[C@H]2O[C@H](CO)[C@@H](O)[C@H](O)[C@@H]2O)cc(O)cc1[C@@H](C(=O)O)NC3=O. The summed E-state index contributed by atoms with van der Waals surface area (Å²) >= 11 is 14.0. The Hall–Kier alpha value is -11.2. The van der Waals surface area contributed by atoms with Gasteiger partial charge in [0.25, 0.3) is 0 Å². The number of aromatic hydroxyl groups is 3. The van der Waals surface area contributed by atoms with Crippen molar-refractivity contribution in [3.8, 4) is 74.4 Å². The first-order valence-electron chi connectivity index (χ1n) is 32.9. The predicted octanol–water partition coefficient (Wildman–Crippen LogP) is 0.545. The molecule has 108 heavy (non-hydrogen) atoms. The smallest absolute Gasteiger partial charge is 0.335 e. The van der Waals surface area contributed by atoms with Gasteiger partial charge in [-0.15, -0.1) is 0 Å². The molecular weight excluding hydrogens is 1470 g/mol. The minimum atomic E-state index is -2.37. The minimum absolute atomic E-state index is 0.110. The topological polar surface area (TPSA) is 554 Å². The number of benzene rings is 7. The number of aliphatic hydroxyl groups is 7. The van der Waals surface area contributed by atoms with Crippen molar-refractivity contribution in [2.45, 2.75) is 116 Å². The van der Waals surface area contributed by atoms with E-state index >= 15 is 24.0 Å². The van der Waals surface area contributed by atoms with E-state index in [1.165, 1.54) is 73.8 Å². The zero-order valence-electron chi connectivity index (χ0n) is 55.7. The molecule has 2 saturated heterocycles. The summed E-state index contributed by atoms with van der Waals surface area (Å²) in [5, 5.41) is 150. The standard InChI is InChI=1S/C71H66Cl2N8O27/c1-75-48-27-7-11-37(84)40(16-27)103-32-21-34(46(73)38(85)22-32)51-66(96)78-50-29-17-42(102-31-9-5-24(6-10-31)13-36(62(92)79-51)76-63(48)93)60(107-70-47(74)56(88)58(90)61(108-70)69(100)101)43(18-29)104-39-12-8-28(15-35(39)72)54(86)53-67(97)80-52(68(98)99)33-19-30(83)20-41(105-71-59(91)57(89)55(87)44(23-82)106-71)45(33)25-3-2-4-26(14-25)49(64(94)81-53)77-65(50)95/h2-12,14-22,36,44,47-59,61,70-71,75,82-91H,13,23,74H2,1H3,(H,76,93)(H,77,95)(H,78,96)(H,79,92)(H,80,97)(H,81,94)(H,98,99)(H,100,101)/t36-,44-,47-,48-,49-,50-,51+,52+,53?,54?,55-,56-,57+,58+,59+,61+,70-,71+/m1/s1. The molecule has 6 amide bonds. The number of phenolic OH excluding ortho intramolecular Hbond substituents is 3. The van der Waals surface area contributed by atoms with Crippen molar-refractivity contribution in [3.63, 3.8) is 0 Å². The maximum atomic E-state index is 16.4. The highest BCUT2D eigenvalue weighted by Gasteiger charge is 2.50. The van der Waals surface area contributed by atoms with Gasteiger partial charge in [-0.1, -0.05) is 65.7 Å². The zero-order valence-corrected chi connectivity index (χ0v) is 57.2. The third-order valence-electron chi connectivity index (χ3n) is 18.8. The number of nitrogens with one attached hydrogen (secondary N) is 7. The quantitative estimate of drug-likeness (QED) is 0.0987. The van der Waals surface area contributed by atoms with Gasteiger partial charge in [0.05, 0.1) is 22.7 Å². The fraction of sp³-hybridized carbons (Fsp3) is 0.296. The number of rotatable bonds is 8. The number of phenols is 3. The van der Waals surface area contributed by atoms with Crippen molar-refractivity contribution in [1.82, 2.24) is 37.2 Å². The number of carbonyl (C=O) groups excluding carboxylic acids is 6. The van der Waals surface area contributed by atoms with Crippen LogP contribution in [0.15, 0.2) is 121 Å². The van der Waals surface area contributed by atoms with Gasteiger partial charge in [-0.3, -0.25) is 28.8 Å². The molecule has 8 aliphatic heterocycles. The zero-order chi connectivity index (χ0) is 77.2. The monoisotopic (exact) mass is 1530 g/mol. The molecule has 7 aromatic rings. The maximum Gasteiger partial charge on any atom is 0.335 e. The van der Waals surface area contributed by atoms with Crippen molar-refractivity contribution in [3.05, 3.63) is 170 Å². The molecule has 0 radical (unpaired) electrons. The molecule has 2 unspecified atom stereocenters. The number of amides is 6. The number of carbonyl (C=O) groups is 8. The van der Waals surface area contributed by atoms with Crippen molar-refractivity contribution in [1.29, 1.82) is 0 Å². The van der Waals surface area contributed by atoms with Crippen molar-refractivity contribution < 1.29 is 133 Å². The summed E-state index contributed by atoms with van der Waals surface area (Å²) in [5.41, 5.74) is 4.30. The number of nitrogens with two attached hydrogens (primary N) is 1. The summed E-state index contributed by atoms with van der Waals surface area (Å²) in [6.07, 6.45) is -20.9. The van der Waals surface area contributed by atoms with E-state index in [1.54, 1.807) is 0 Å². The van der Waals surface area contributed by atoms with E-state index in [9.17, 15) is 75.7 Å². The van der Waals surface area contributed by atoms with Gasteiger partial charge in [0.15, 0.2) is 35.1 Å². The van der Waals surface area contributed by atoms with Gasteiger partial charge in [-0.2, -0.15) is 0 Å². The third kappa shape index (κ3) is 14.6. The van der Waals surface area contributed by atoms with E-state index in [2.05, 4.69) is 37.2 Å². The second-order valence-corrected chi connectivity index (χ2v) is 26.7. The van der Waals surface area contributed by atoms with Crippen LogP contribution in [0.2, 0.25) is 10.0 Å². The Kier molecular flexibility index (Phi) is 21.0. The summed E-state index contributed by atoms with van der Waals surface area (Å²) in [6.45, 7) is -0.945. The molecule has 7 aromatic carbocycles. The second kappa shape index (κ2) is 30.2. The van der Waals surface area contributed by atoms with Crippen LogP contribution in [0.4, 0.5) is 0 Å². The van der Waals surface area contributed by atoms with Crippen molar-refractivity contribution >= 4 is 70.6 Å². The Morgan fingerprint density at radius 3 is 1.92 bits per heavy atom. The highest BCUT2D eigenvalue weighted by Crippen LogP contribution is 2.49. The van der Waals surface area contributed by atoms with Crippen LogP contribution in [0.1, 0.15) is 75.3 Å². The van der Waals surface area contributed by atoms with E-state index in [1.807, 2.05) is 0 Å². The van der Waals surface area contributed by atoms with Crippen molar-refractivity contribution in [2.75, 3.05) is 13.7 Å². The molecular formula is C71H66Cl2N8O27. The molecule has 37 heteroatoms. The van der Waals surface area contributed by atoms with E-state index in [4.69, 9.17) is 62.1 Å². The van der Waals surface area contributed by atoms with Gasteiger partial charge in [0, 0.05) is 35.2 Å². The molecule has 8 heterocycles. The molecule has 0 spiro atoms. The first kappa shape index (κ1) is 75.1. The Morgan fingerprint density at radius 1 is 0.556 bits per heavy atom. The molecule has 8 aliphatic rings. The second-order valence-electron chi connectivity index (χ2n) is 25.9. The average Bonchev–Trinajstić information content (AvgIpc) is 0.772. The summed E-state index contributed by atoms with van der Waals surface area (Å²) in [6, 6.07) is 7.56. The average molecular weight is 1530 g/mol. The number of carboxylic acid groups (broad SMARTS) is 2. The van der Waals surface area contributed by atoms with E-state index in [0.717, 1.165) is 54.6 Å². The number of hydrogen-bond donors (Lipinski definition) is 20. The number of fused-ring (bicyclic) bond motifs is 14. The molecule has 0 aromatic heterocycles. The van der Waals surface area contributed by atoms with Crippen molar-refractivity contribution in [2.24, 2.45) is 5.73 Å². The highest BCUT2D eigenvalue weighted by molar-refractivity contribution is 6.33. The fourth-order valence-corrected chi connectivity index (χ4v) is 13.7. The summed E-state index contributed by atoms with van der Waals surface area (Å²) in [5.74, 6) is -16.9. The van der Waals surface area contributed by atoms with E-state index in [0.29, 0.717) is 5.56 Å². The highest BCUT2D eigenvalue weighted by atomic mass is 35.5. The number of aliphatic carboxylic acids is 2. The fourth-order valence-electron chi connectivity index (χ4n) is 13.2. The number of carboxylic acids is 2. The van der Waals surface area contributed by atoms with Crippen LogP contribution >= 0.6 is 23.2 Å². The van der Waals surface area contributed by atoms with Gasteiger partial charge in [-0.05, 0) is 107 Å². The Balaban J connectivity index is 1.05. The van der Waals surface area contributed by atoms with Crippen LogP contribution in [0.25, 0.3) is 11.1 Å². The van der Waals surface area contributed by atoms with Gasteiger partial charge in [0.2, 0.25) is 53.8 Å². The number of halogens is 2. The number of ether oxygens (including phenoxy) is 7. The molecule has 21 N–H and O–H groups in total. The van der Waals surface area contributed by atoms with Gasteiger partial charge in [-0.25, -0.2) is 9.59 Å². The van der Waals surface area contributed by atoms with Crippen LogP contribution in [-0.4, -0.2) is 196 Å². The van der Waals surface area contributed by atoms with Crippen LogP contribution in [0, 0.1) is 0 Å². The molecule has 0 aliphatic carbocycles. The molecule has 2 fully saturated rings. The Bertz CT molecular complexity index is 4790. The van der Waals surface area contributed by atoms with Gasteiger partial charge < -0.3 is 137 Å². The Morgan fingerprint density at radius 2 is 1.22 bits per heavy atom. The first-order chi connectivity index (χ1) is 51.5. The number of likely N-dealkylation sites (N-methyl/N-ethyl adjacent to an activating group) is 1. The maximum absolute atomic E-state index is 16.4. The predicted molar refractivity (Wildman–Crippen MR) is 366 cm³/mol. The van der Waals surface area contributed by atoms with Gasteiger partial charge >= 0.3 is 11.9 Å². The minimum Gasteiger partial charge on any atom is -0.508 e.